The summed E-state index contributed by atoms with van der Waals surface area (Å²) in [4.78, 5) is 18.2. The summed E-state index contributed by atoms with van der Waals surface area (Å²) in [5.74, 6) is 1.97. The maximum Gasteiger partial charge on any atom is 0.303 e. The van der Waals surface area contributed by atoms with Gasteiger partial charge >= 0.3 is 5.97 Å². The summed E-state index contributed by atoms with van der Waals surface area (Å²) in [6.07, 6.45) is 1.61. The maximum atomic E-state index is 11.2. The molecule has 1 unspecified atom stereocenters. The van der Waals surface area contributed by atoms with Gasteiger partial charge < -0.3 is 28.8 Å². The van der Waals surface area contributed by atoms with Gasteiger partial charge in [0.05, 0.1) is 11.0 Å². The number of carbonyl (C=O) groups is 1. The lowest BCUT2D eigenvalue weighted by atomic mass is 10.1. The summed E-state index contributed by atoms with van der Waals surface area (Å²) < 4.78 is 20.4. The van der Waals surface area contributed by atoms with E-state index < -0.39 is 5.97 Å². The minimum absolute atomic E-state index is 0.0144. The van der Waals surface area contributed by atoms with Crippen LogP contribution in [-0.4, -0.2) is 51.8 Å². The largest absolute Gasteiger partial charge is 0.489 e. The topological polar surface area (TPSA) is 86.1 Å². The number of likely N-dealkylation sites (tertiary alicyclic amines) is 1. The van der Waals surface area contributed by atoms with E-state index in [9.17, 15) is 4.79 Å². The Hall–Kier alpha value is -3.75. The Balaban J connectivity index is 1.29. The first-order valence-corrected chi connectivity index (χ1v) is 13.4. The normalized spacial score (nSPS) is 15.5. The van der Waals surface area contributed by atoms with Crippen LogP contribution in [0.4, 0.5) is 0 Å². The van der Waals surface area contributed by atoms with Gasteiger partial charge in [-0.05, 0) is 61.3 Å². The van der Waals surface area contributed by atoms with Gasteiger partial charge in [0, 0.05) is 43.7 Å². The third-order valence-electron chi connectivity index (χ3n) is 6.92. The molecule has 1 atom stereocenters. The zero-order valence-corrected chi connectivity index (χ0v) is 22.9. The summed E-state index contributed by atoms with van der Waals surface area (Å²) >= 11 is 5.99. The van der Waals surface area contributed by atoms with Crippen LogP contribution in [0.2, 0.25) is 5.02 Å². The number of nitrogens with zero attached hydrogens (tertiary/aromatic N) is 3. The van der Waals surface area contributed by atoms with Crippen LogP contribution >= 0.6 is 11.6 Å². The van der Waals surface area contributed by atoms with E-state index in [4.69, 9.17) is 35.9 Å². The first kappa shape index (κ1) is 26.8. The van der Waals surface area contributed by atoms with Crippen molar-refractivity contribution in [2.45, 2.75) is 38.6 Å². The number of aliphatic carboxylic acids is 1. The van der Waals surface area contributed by atoms with E-state index in [1.54, 1.807) is 6.07 Å². The Morgan fingerprint density at radius 1 is 1.03 bits per heavy atom. The van der Waals surface area contributed by atoms with Gasteiger partial charge in [-0.15, -0.1) is 0 Å². The molecule has 0 radical (unpaired) electrons. The van der Waals surface area contributed by atoms with Crippen molar-refractivity contribution in [3.05, 3.63) is 82.6 Å². The third-order valence-corrected chi connectivity index (χ3v) is 7.17. The van der Waals surface area contributed by atoms with Crippen LogP contribution < -0.4 is 14.2 Å². The molecule has 1 aliphatic rings. The number of hydrogen-bond acceptors (Lipinski definition) is 6. The number of fused-ring (bicyclic) bond motifs is 1. The lowest BCUT2D eigenvalue weighted by molar-refractivity contribution is -0.136. The Kier molecular flexibility index (Phi) is 8.24. The van der Waals surface area contributed by atoms with Gasteiger partial charge in [-0.3, -0.25) is 4.79 Å². The summed E-state index contributed by atoms with van der Waals surface area (Å²) in [5.41, 5.74) is 3.62. The molecule has 1 aliphatic heterocycles. The number of imidazole rings is 1. The van der Waals surface area contributed by atoms with E-state index in [1.807, 2.05) is 66.2 Å². The molecule has 9 heteroatoms. The van der Waals surface area contributed by atoms with Crippen LogP contribution in [0.1, 0.15) is 29.8 Å². The van der Waals surface area contributed by atoms with Gasteiger partial charge in [-0.2, -0.15) is 0 Å². The number of benzene rings is 3. The number of halogens is 1. The Bertz CT molecular complexity index is 1450. The van der Waals surface area contributed by atoms with Crippen molar-refractivity contribution in [3.63, 3.8) is 0 Å². The number of aryl methyl sites for hydroxylation is 2. The molecule has 1 fully saturated rings. The van der Waals surface area contributed by atoms with Gasteiger partial charge in [0.1, 0.15) is 42.4 Å². The molecule has 0 bridgehead atoms. The average molecular weight is 550 g/mol. The van der Waals surface area contributed by atoms with Crippen molar-refractivity contribution in [2.75, 3.05) is 20.1 Å². The van der Waals surface area contributed by atoms with Gasteiger partial charge in [0.25, 0.3) is 0 Å². The van der Waals surface area contributed by atoms with E-state index in [0.717, 1.165) is 53.2 Å². The summed E-state index contributed by atoms with van der Waals surface area (Å²) in [6.45, 7) is 2.57. The van der Waals surface area contributed by atoms with E-state index in [1.165, 1.54) is 0 Å². The lowest BCUT2D eigenvalue weighted by Gasteiger charge is -2.14. The zero-order valence-electron chi connectivity index (χ0n) is 22.1. The third kappa shape index (κ3) is 6.82. The highest BCUT2D eigenvalue weighted by Crippen LogP contribution is 2.29. The number of rotatable bonds is 11. The molecule has 0 saturated carbocycles. The molecule has 1 N–H and O–H groups in total. The fraction of sp³-hybridized carbons (Fsp3) is 0.333. The number of carboxylic acids is 1. The van der Waals surface area contributed by atoms with Gasteiger partial charge in [-0.25, -0.2) is 4.98 Å². The lowest BCUT2D eigenvalue weighted by Crippen LogP contribution is -2.21. The minimum atomic E-state index is -0.857. The summed E-state index contributed by atoms with van der Waals surface area (Å²) in [5, 5.41) is 9.81. The van der Waals surface area contributed by atoms with Crippen molar-refractivity contribution >= 4 is 28.6 Å². The van der Waals surface area contributed by atoms with Crippen molar-refractivity contribution in [3.8, 4) is 17.2 Å². The SMILES string of the molecule is CN1CCC(Oc2ccc3nc(COc4ccc(CCC(=O)O)c(OCc5ccc(Cl)cc5)c4)n(C)c3c2)C1. The highest BCUT2D eigenvalue weighted by atomic mass is 35.5. The smallest absolute Gasteiger partial charge is 0.303 e. The quantitative estimate of drug-likeness (QED) is 0.265. The second-order valence-electron chi connectivity index (χ2n) is 9.90. The Morgan fingerprint density at radius 3 is 2.56 bits per heavy atom. The summed E-state index contributed by atoms with van der Waals surface area (Å²) in [6, 6.07) is 18.9. The molecule has 0 amide bonds. The molecule has 204 valence electrons. The van der Waals surface area contributed by atoms with Crippen molar-refractivity contribution in [1.82, 2.24) is 14.5 Å². The number of aromatic nitrogens is 2. The van der Waals surface area contributed by atoms with E-state index in [2.05, 4.69) is 11.9 Å². The molecular weight excluding hydrogens is 518 g/mol. The van der Waals surface area contributed by atoms with Crippen LogP contribution in [0.5, 0.6) is 17.2 Å². The maximum absolute atomic E-state index is 11.2. The van der Waals surface area contributed by atoms with Crippen LogP contribution in [0, 0.1) is 0 Å². The van der Waals surface area contributed by atoms with Crippen molar-refractivity contribution in [1.29, 1.82) is 0 Å². The Morgan fingerprint density at radius 2 is 1.82 bits per heavy atom. The molecule has 0 spiro atoms. The molecule has 39 heavy (non-hydrogen) atoms. The molecule has 5 rings (SSSR count). The molecule has 3 aromatic carbocycles. The van der Waals surface area contributed by atoms with Gasteiger partial charge in [0.2, 0.25) is 0 Å². The van der Waals surface area contributed by atoms with E-state index >= 15 is 0 Å². The molecule has 4 aromatic rings. The highest BCUT2D eigenvalue weighted by Gasteiger charge is 2.21. The van der Waals surface area contributed by atoms with Crippen LogP contribution in [-0.2, 0) is 31.5 Å². The molecule has 1 aromatic heterocycles. The second kappa shape index (κ2) is 12.0. The standard InChI is InChI=1S/C30H32ClN3O5/c1-33-14-13-25(17-33)39-24-10-11-26-27(15-24)34(2)29(32-26)19-37-23-9-5-21(6-12-30(35)36)28(16-23)38-18-20-3-7-22(31)8-4-20/h3-5,7-11,15-16,25H,6,12-14,17-19H2,1-2H3,(H,35,36). The first-order chi connectivity index (χ1) is 18.8. The summed E-state index contributed by atoms with van der Waals surface area (Å²) in [7, 11) is 4.08. The highest BCUT2D eigenvalue weighted by molar-refractivity contribution is 6.30. The van der Waals surface area contributed by atoms with Crippen LogP contribution in [0.25, 0.3) is 11.0 Å². The monoisotopic (exact) mass is 549 g/mol. The number of carboxylic acid groups (broad SMARTS) is 1. The van der Waals surface area contributed by atoms with Crippen molar-refractivity contribution in [2.24, 2.45) is 7.05 Å². The Labute approximate surface area is 232 Å². The molecule has 8 nitrogen and oxygen atoms in total. The second-order valence-corrected chi connectivity index (χ2v) is 10.3. The van der Waals surface area contributed by atoms with Gasteiger partial charge in [-0.1, -0.05) is 29.8 Å². The zero-order chi connectivity index (χ0) is 27.4. The predicted molar refractivity (Wildman–Crippen MR) is 150 cm³/mol. The molecule has 2 heterocycles. The first-order valence-electron chi connectivity index (χ1n) is 13.0. The average Bonchev–Trinajstić information content (AvgIpc) is 3.48. The van der Waals surface area contributed by atoms with Gasteiger partial charge in [0.15, 0.2) is 0 Å². The number of hydrogen-bond donors (Lipinski definition) is 1. The fourth-order valence-corrected chi connectivity index (χ4v) is 4.83. The molecule has 0 aliphatic carbocycles. The molecular formula is C30H32ClN3O5. The van der Waals surface area contributed by atoms with Crippen LogP contribution in [0.15, 0.2) is 60.7 Å². The van der Waals surface area contributed by atoms with Crippen LogP contribution in [0.3, 0.4) is 0 Å². The number of ether oxygens (including phenoxy) is 3. The minimum Gasteiger partial charge on any atom is -0.489 e. The van der Waals surface area contributed by atoms with Crippen molar-refractivity contribution < 1.29 is 24.1 Å². The number of likely N-dealkylation sites (N-methyl/N-ethyl adjacent to an activating group) is 1. The van der Waals surface area contributed by atoms with E-state index in [0.29, 0.717) is 29.5 Å². The van der Waals surface area contributed by atoms with E-state index in [-0.39, 0.29) is 19.1 Å². The predicted octanol–water partition coefficient (Wildman–Crippen LogP) is 5.48. The molecule has 1 saturated heterocycles. The fourth-order valence-electron chi connectivity index (χ4n) is 4.70.